The number of aromatic amines is 1. The van der Waals surface area contributed by atoms with Gasteiger partial charge in [0.25, 0.3) is 11.8 Å². The lowest BCUT2D eigenvalue weighted by Gasteiger charge is -2.24. The second-order valence-corrected chi connectivity index (χ2v) is 8.51. The van der Waals surface area contributed by atoms with E-state index in [1.165, 1.54) is 22.7 Å². The third-order valence-corrected chi connectivity index (χ3v) is 6.26. The first kappa shape index (κ1) is 22.1. The zero-order valence-corrected chi connectivity index (χ0v) is 18.5. The van der Waals surface area contributed by atoms with Crippen LogP contribution in [-0.2, 0) is 11.2 Å². The zero-order chi connectivity index (χ0) is 23.7. The molecule has 4 heterocycles. The first-order valence-corrected chi connectivity index (χ1v) is 11.3. The fourth-order valence-corrected chi connectivity index (χ4v) is 4.44. The van der Waals surface area contributed by atoms with Gasteiger partial charge in [-0.15, -0.1) is 0 Å². The SMILES string of the molecule is O=C(NCCN1CCCN(C(=O)C2Cc3cc(F)ccc3O2)CC1)c1ccc2n[nH]c(=O)n2c1. The van der Waals surface area contributed by atoms with Crippen LogP contribution in [0.3, 0.4) is 0 Å². The molecule has 0 saturated carbocycles. The quantitative estimate of drug-likeness (QED) is 0.562. The van der Waals surface area contributed by atoms with Gasteiger partial charge in [-0.3, -0.25) is 14.5 Å². The average molecular weight is 468 g/mol. The van der Waals surface area contributed by atoms with Gasteiger partial charge in [-0.2, -0.15) is 5.10 Å². The molecule has 2 amide bonds. The van der Waals surface area contributed by atoms with Crippen LogP contribution < -0.4 is 15.7 Å². The molecule has 0 bridgehead atoms. The standard InChI is InChI=1S/C23H25FN6O4/c24-17-3-4-18-16(12-17)13-19(34-18)22(32)29-8-1-7-28(10-11-29)9-6-25-21(31)15-2-5-20-26-27-23(33)30(20)14-15/h2-5,12,14,19H,1,6-11,13H2,(H,25,31)(H,27,33). The molecule has 2 aromatic heterocycles. The Morgan fingerprint density at radius 2 is 2.06 bits per heavy atom. The summed E-state index contributed by atoms with van der Waals surface area (Å²) in [4.78, 5) is 41.1. The summed E-state index contributed by atoms with van der Waals surface area (Å²) in [6.07, 6.45) is 2.05. The van der Waals surface area contributed by atoms with Crippen LogP contribution in [0.1, 0.15) is 22.3 Å². The molecule has 1 unspecified atom stereocenters. The fourth-order valence-electron chi connectivity index (χ4n) is 4.44. The van der Waals surface area contributed by atoms with E-state index in [9.17, 15) is 18.8 Å². The van der Waals surface area contributed by atoms with Gasteiger partial charge < -0.3 is 15.0 Å². The lowest BCUT2D eigenvalue weighted by atomic mass is 10.1. The van der Waals surface area contributed by atoms with E-state index in [0.717, 1.165) is 18.5 Å². The van der Waals surface area contributed by atoms with Gasteiger partial charge >= 0.3 is 5.69 Å². The molecule has 0 radical (unpaired) electrons. The minimum absolute atomic E-state index is 0.0726. The Morgan fingerprint density at radius 3 is 2.94 bits per heavy atom. The number of pyridine rings is 1. The molecule has 1 saturated heterocycles. The molecule has 5 rings (SSSR count). The largest absolute Gasteiger partial charge is 0.480 e. The number of H-pyrrole nitrogens is 1. The molecule has 11 heteroatoms. The summed E-state index contributed by atoms with van der Waals surface area (Å²) in [5, 5.41) is 9.06. The van der Waals surface area contributed by atoms with Crippen LogP contribution in [0.5, 0.6) is 5.75 Å². The zero-order valence-electron chi connectivity index (χ0n) is 18.5. The number of hydrogen-bond acceptors (Lipinski definition) is 6. The topological polar surface area (TPSA) is 112 Å². The number of rotatable bonds is 5. The van der Waals surface area contributed by atoms with Crippen molar-refractivity contribution in [1.29, 1.82) is 0 Å². The van der Waals surface area contributed by atoms with Crippen molar-refractivity contribution < 1.29 is 18.7 Å². The molecule has 1 atom stereocenters. The normalized spacial score (nSPS) is 18.4. The number of benzene rings is 1. The van der Waals surface area contributed by atoms with Crippen molar-refractivity contribution in [2.75, 3.05) is 39.3 Å². The van der Waals surface area contributed by atoms with Gasteiger partial charge in [0, 0.05) is 50.9 Å². The highest BCUT2D eigenvalue weighted by Gasteiger charge is 2.33. The first-order valence-electron chi connectivity index (χ1n) is 11.3. The molecule has 0 aliphatic carbocycles. The highest BCUT2D eigenvalue weighted by atomic mass is 19.1. The van der Waals surface area contributed by atoms with Crippen LogP contribution in [0.15, 0.2) is 41.3 Å². The summed E-state index contributed by atoms with van der Waals surface area (Å²) >= 11 is 0. The smallest absolute Gasteiger partial charge is 0.347 e. The van der Waals surface area contributed by atoms with Gasteiger partial charge in [-0.05, 0) is 43.3 Å². The maximum Gasteiger partial charge on any atom is 0.347 e. The highest BCUT2D eigenvalue weighted by molar-refractivity contribution is 5.94. The van der Waals surface area contributed by atoms with E-state index in [-0.39, 0.29) is 17.6 Å². The maximum atomic E-state index is 13.5. The summed E-state index contributed by atoms with van der Waals surface area (Å²) in [6, 6.07) is 7.56. The van der Waals surface area contributed by atoms with E-state index in [4.69, 9.17) is 4.74 Å². The van der Waals surface area contributed by atoms with Gasteiger partial charge in [0.05, 0.1) is 5.56 Å². The van der Waals surface area contributed by atoms with E-state index in [2.05, 4.69) is 20.4 Å². The summed E-state index contributed by atoms with van der Waals surface area (Å²) in [5.74, 6) is -0.0970. The van der Waals surface area contributed by atoms with Gasteiger partial charge in [-0.25, -0.2) is 18.7 Å². The van der Waals surface area contributed by atoms with E-state index in [1.54, 1.807) is 18.2 Å². The van der Waals surface area contributed by atoms with Crippen LogP contribution in [-0.4, -0.2) is 81.6 Å². The van der Waals surface area contributed by atoms with Crippen LogP contribution in [0.25, 0.3) is 5.65 Å². The van der Waals surface area contributed by atoms with Crippen molar-refractivity contribution in [3.05, 3.63) is 64.0 Å². The number of carbonyl (C=O) groups excluding carboxylic acids is 2. The Kier molecular flexibility index (Phi) is 6.01. The molecular weight excluding hydrogens is 443 g/mol. The second-order valence-electron chi connectivity index (χ2n) is 8.51. The molecular formula is C23H25FN6O4. The van der Waals surface area contributed by atoms with E-state index in [1.807, 2.05) is 4.90 Å². The Balaban J connectivity index is 1.10. The summed E-state index contributed by atoms with van der Waals surface area (Å²) < 4.78 is 20.5. The van der Waals surface area contributed by atoms with Crippen molar-refractivity contribution in [3.8, 4) is 5.75 Å². The molecule has 1 fully saturated rings. The number of carbonyl (C=O) groups is 2. The Labute approximate surface area is 194 Å². The molecule has 2 aliphatic heterocycles. The fraction of sp³-hybridized carbons (Fsp3) is 0.391. The predicted molar refractivity (Wildman–Crippen MR) is 120 cm³/mol. The van der Waals surface area contributed by atoms with Crippen LogP contribution in [0.2, 0.25) is 0 Å². The summed E-state index contributed by atoms with van der Waals surface area (Å²) in [5.41, 5.74) is 1.15. The third-order valence-electron chi connectivity index (χ3n) is 6.26. The minimum atomic E-state index is -0.609. The van der Waals surface area contributed by atoms with Gasteiger partial charge in [0.1, 0.15) is 11.6 Å². The van der Waals surface area contributed by atoms with Crippen molar-refractivity contribution >= 4 is 17.5 Å². The van der Waals surface area contributed by atoms with Gasteiger partial charge in [0.15, 0.2) is 11.8 Å². The average Bonchev–Trinajstić information content (AvgIpc) is 3.34. The number of ether oxygens (including phenoxy) is 1. The van der Waals surface area contributed by atoms with Crippen molar-refractivity contribution in [2.24, 2.45) is 0 Å². The van der Waals surface area contributed by atoms with Crippen molar-refractivity contribution in [1.82, 2.24) is 29.7 Å². The Bertz CT molecular complexity index is 1290. The number of nitrogens with zero attached hydrogens (tertiary/aromatic N) is 4. The summed E-state index contributed by atoms with van der Waals surface area (Å²) in [6.45, 7) is 3.78. The molecule has 3 aromatic rings. The number of hydrogen-bond donors (Lipinski definition) is 2. The number of amides is 2. The lowest BCUT2D eigenvalue weighted by molar-refractivity contribution is -0.137. The number of aromatic nitrogens is 3. The lowest BCUT2D eigenvalue weighted by Crippen LogP contribution is -2.43. The first-order chi connectivity index (χ1) is 16.5. The van der Waals surface area contributed by atoms with E-state index >= 15 is 0 Å². The number of halogens is 1. The molecule has 2 aliphatic rings. The Morgan fingerprint density at radius 1 is 1.18 bits per heavy atom. The van der Waals surface area contributed by atoms with Crippen molar-refractivity contribution in [3.63, 3.8) is 0 Å². The predicted octanol–water partition coefficient (Wildman–Crippen LogP) is 0.430. The summed E-state index contributed by atoms with van der Waals surface area (Å²) in [7, 11) is 0. The van der Waals surface area contributed by atoms with Crippen LogP contribution in [0.4, 0.5) is 4.39 Å². The molecule has 2 N–H and O–H groups in total. The van der Waals surface area contributed by atoms with E-state index in [0.29, 0.717) is 56.1 Å². The molecule has 10 nitrogen and oxygen atoms in total. The number of fused-ring (bicyclic) bond motifs is 2. The molecule has 34 heavy (non-hydrogen) atoms. The Hall–Kier alpha value is -3.73. The molecule has 1 aromatic carbocycles. The number of nitrogens with one attached hydrogen (secondary N) is 2. The molecule has 178 valence electrons. The van der Waals surface area contributed by atoms with Gasteiger partial charge in [-0.1, -0.05) is 0 Å². The van der Waals surface area contributed by atoms with E-state index < -0.39 is 11.8 Å². The third kappa shape index (κ3) is 4.51. The monoisotopic (exact) mass is 468 g/mol. The molecule has 0 spiro atoms. The van der Waals surface area contributed by atoms with Crippen LogP contribution in [0, 0.1) is 5.82 Å². The second kappa shape index (κ2) is 9.26. The minimum Gasteiger partial charge on any atom is -0.480 e. The maximum absolute atomic E-state index is 13.5. The highest BCUT2D eigenvalue weighted by Crippen LogP contribution is 2.30. The van der Waals surface area contributed by atoms with Crippen molar-refractivity contribution in [2.45, 2.75) is 18.9 Å². The van der Waals surface area contributed by atoms with Crippen LogP contribution >= 0.6 is 0 Å². The van der Waals surface area contributed by atoms with Gasteiger partial charge in [0.2, 0.25) is 0 Å².